The Morgan fingerprint density at radius 3 is 2.37 bits per heavy atom. The molecular weight excluding hydrogens is 426 g/mol. The molecule has 2 N–H and O–H groups in total. The lowest BCUT2D eigenvalue weighted by Gasteiger charge is -2.24. The van der Waals surface area contributed by atoms with Crippen molar-refractivity contribution in [1.29, 1.82) is 0 Å². The Hall–Kier alpha value is -2.42. The number of nitrogens with zero attached hydrogens (tertiary/aromatic N) is 1. The Kier molecular flexibility index (Phi) is 7.47. The van der Waals surface area contributed by atoms with Gasteiger partial charge in [0.15, 0.2) is 0 Å². The van der Waals surface area contributed by atoms with Gasteiger partial charge in [0.05, 0.1) is 4.90 Å². The van der Waals surface area contributed by atoms with Crippen molar-refractivity contribution >= 4 is 33.4 Å². The molecule has 0 aliphatic carbocycles. The zero-order valence-corrected chi connectivity index (χ0v) is 18.0. The number of carbonyl (C=O) groups is 2. The lowest BCUT2D eigenvalue weighted by atomic mass is 10.1. The van der Waals surface area contributed by atoms with Crippen molar-refractivity contribution in [2.45, 2.75) is 30.2 Å². The van der Waals surface area contributed by atoms with Crippen molar-refractivity contribution in [1.82, 2.24) is 14.9 Å². The second kappa shape index (κ2) is 10.1. The van der Waals surface area contributed by atoms with E-state index < -0.39 is 21.8 Å². The van der Waals surface area contributed by atoms with Crippen LogP contribution in [0.4, 0.5) is 0 Å². The topological polar surface area (TPSA) is 95.6 Å². The van der Waals surface area contributed by atoms with Gasteiger partial charge in [-0.25, -0.2) is 8.42 Å². The van der Waals surface area contributed by atoms with Crippen molar-refractivity contribution in [3.05, 3.63) is 65.2 Å². The van der Waals surface area contributed by atoms with Gasteiger partial charge in [0.1, 0.15) is 0 Å². The average Bonchev–Trinajstić information content (AvgIpc) is 3.23. The first-order valence-corrected chi connectivity index (χ1v) is 11.6. The molecule has 1 fully saturated rings. The summed E-state index contributed by atoms with van der Waals surface area (Å²) in [5.41, 5.74) is 0.993. The van der Waals surface area contributed by atoms with Crippen LogP contribution in [0.3, 0.4) is 0 Å². The maximum absolute atomic E-state index is 12.8. The largest absolute Gasteiger partial charge is 0.348 e. The van der Waals surface area contributed by atoms with Gasteiger partial charge in [0, 0.05) is 30.7 Å². The molecule has 1 aliphatic heterocycles. The molecule has 0 bridgehead atoms. The number of hydrogen-bond acceptors (Lipinski definition) is 4. The summed E-state index contributed by atoms with van der Waals surface area (Å²) in [7, 11) is -3.63. The molecule has 0 spiro atoms. The van der Waals surface area contributed by atoms with E-state index in [1.165, 1.54) is 4.31 Å². The lowest BCUT2D eigenvalue weighted by Crippen LogP contribution is -2.47. The first-order chi connectivity index (χ1) is 14.4. The van der Waals surface area contributed by atoms with Gasteiger partial charge in [0.25, 0.3) is 0 Å². The van der Waals surface area contributed by atoms with E-state index in [0.717, 1.165) is 5.56 Å². The van der Waals surface area contributed by atoms with Crippen molar-refractivity contribution < 1.29 is 18.0 Å². The third-order valence-corrected chi connectivity index (χ3v) is 7.21. The second-order valence-electron chi connectivity index (χ2n) is 7.07. The minimum atomic E-state index is -3.63. The summed E-state index contributed by atoms with van der Waals surface area (Å²) < 4.78 is 27.1. The van der Waals surface area contributed by atoms with Crippen molar-refractivity contribution in [2.75, 3.05) is 19.6 Å². The predicted octanol–water partition coefficient (Wildman–Crippen LogP) is 1.97. The van der Waals surface area contributed by atoms with E-state index >= 15 is 0 Å². The van der Waals surface area contributed by atoms with Crippen LogP contribution >= 0.6 is 11.6 Å². The fourth-order valence-corrected chi connectivity index (χ4v) is 5.24. The van der Waals surface area contributed by atoms with Crippen LogP contribution < -0.4 is 10.6 Å². The Morgan fingerprint density at radius 2 is 1.67 bits per heavy atom. The SMILES string of the molecule is O=C(NCCc1ccc(Cl)cc1)C(=O)NC[C@@H]1CCCN1S(=O)(=O)c1ccccc1. The van der Waals surface area contributed by atoms with E-state index in [9.17, 15) is 18.0 Å². The molecule has 1 saturated heterocycles. The van der Waals surface area contributed by atoms with Crippen LogP contribution in [-0.4, -0.2) is 50.2 Å². The van der Waals surface area contributed by atoms with Gasteiger partial charge in [-0.15, -0.1) is 0 Å². The first-order valence-electron chi connectivity index (χ1n) is 9.75. The highest BCUT2D eigenvalue weighted by Crippen LogP contribution is 2.25. The molecule has 2 aromatic carbocycles. The normalized spacial score (nSPS) is 16.9. The number of carbonyl (C=O) groups excluding carboxylic acids is 2. The number of halogens is 1. The van der Waals surface area contributed by atoms with Crippen LogP contribution in [0.5, 0.6) is 0 Å². The monoisotopic (exact) mass is 449 g/mol. The van der Waals surface area contributed by atoms with E-state index in [2.05, 4.69) is 10.6 Å². The maximum atomic E-state index is 12.8. The summed E-state index contributed by atoms with van der Waals surface area (Å²) in [6.45, 7) is 0.798. The number of amides is 2. The molecule has 2 amide bonds. The highest BCUT2D eigenvalue weighted by Gasteiger charge is 2.35. The Balaban J connectivity index is 1.48. The molecule has 1 aliphatic rings. The van der Waals surface area contributed by atoms with Crippen LogP contribution in [0, 0.1) is 0 Å². The molecular formula is C21H24ClN3O4S. The van der Waals surface area contributed by atoms with Gasteiger partial charge in [-0.05, 0) is 49.1 Å². The predicted molar refractivity (Wildman–Crippen MR) is 115 cm³/mol. The number of rotatable bonds is 7. The van der Waals surface area contributed by atoms with Crippen molar-refractivity contribution in [2.24, 2.45) is 0 Å². The third-order valence-electron chi connectivity index (χ3n) is 4.99. The Morgan fingerprint density at radius 1 is 1.00 bits per heavy atom. The van der Waals surface area contributed by atoms with Crippen molar-refractivity contribution in [3.8, 4) is 0 Å². The molecule has 3 rings (SSSR count). The zero-order valence-electron chi connectivity index (χ0n) is 16.4. The Labute approximate surface area is 181 Å². The summed E-state index contributed by atoms with van der Waals surface area (Å²) in [5, 5.41) is 5.77. The van der Waals surface area contributed by atoms with E-state index in [-0.39, 0.29) is 17.5 Å². The van der Waals surface area contributed by atoms with E-state index in [0.29, 0.717) is 37.4 Å². The molecule has 160 valence electrons. The van der Waals surface area contributed by atoms with Gasteiger partial charge in [0.2, 0.25) is 10.0 Å². The average molecular weight is 450 g/mol. The molecule has 30 heavy (non-hydrogen) atoms. The maximum Gasteiger partial charge on any atom is 0.309 e. The standard InChI is InChI=1S/C21H24ClN3O4S/c22-17-10-8-16(9-11-17)12-13-23-20(26)21(27)24-15-18-5-4-14-25(18)30(28,29)19-6-2-1-3-7-19/h1-3,6-11,18H,4-5,12-15H2,(H,23,26)(H,24,27)/t18-/m0/s1. The van der Waals surface area contributed by atoms with Gasteiger partial charge in [-0.1, -0.05) is 41.9 Å². The van der Waals surface area contributed by atoms with Crippen LogP contribution in [0.25, 0.3) is 0 Å². The zero-order chi connectivity index (χ0) is 21.6. The molecule has 1 heterocycles. The summed E-state index contributed by atoms with van der Waals surface area (Å²) in [6.07, 6.45) is 1.91. The molecule has 0 saturated carbocycles. The molecule has 7 nitrogen and oxygen atoms in total. The van der Waals surface area contributed by atoms with Crippen LogP contribution in [-0.2, 0) is 26.0 Å². The fraction of sp³-hybridized carbons (Fsp3) is 0.333. The van der Waals surface area contributed by atoms with Crippen LogP contribution in [0.1, 0.15) is 18.4 Å². The highest BCUT2D eigenvalue weighted by molar-refractivity contribution is 7.89. The quantitative estimate of drug-likeness (QED) is 0.632. The highest BCUT2D eigenvalue weighted by atomic mass is 35.5. The molecule has 0 unspecified atom stereocenters. The molecule has 2 aromatic rings. The fourth-order valence-electron chi connectivity index (χ4n) is 3.40. The third kappa shape index (κ3) is 5.59. The number of sulfonamides is 1. The summed E-state index contributed by atoms with van der Waals surface area (Å²) in [6, 6.07) is 15.1. The van der Waals surface area contributed by atoms with Gasteiger partial charge in [-0.3, -0.25) is 9.59 Å². The minimum absolute atomic E-state index is 0.0928. The number of benzene rings is 2. The van der Waals surface area contributed by atoms with Gasteiger partial charge < -0.3 is 10.6 Å². The van der Waals surface area contributed by atoms with E-state index in [1.54, 1.807) is 42.5 Å². The first kappa shape index (κ1) is 22.3. The second-order valence-corrected chi connectivity index (χ2v) is 9.39. The van der Waals surface area contributed by atoms with E-state index in [4.69, 9.17) is 11.6 Å². The van der Waals surface area contributed by atoms with Crippen molar-refractivity contribution in [3.63, 3.8) is 0 Å². The molecule has 1 atom stereocenters. The molecule has 0 radical (unpaired) electrons. The summed E-state index contributed by atoms with van der Waals surface area (Å²) >= 11 is 5.84. The lowest BCUT2D eigenvalue weighted by molar-refractivity contribution is -0.139. The van der Waals surface area contributed by atoms with E-state index in [1.807, 2.05) is 12.1 Å². The molecule has 9 heteroatoms. The smallest absolute Gasteiger partial charge is 0.309 e. The minimum Gasteiger partial charge on any atom is -0.348 e. The van der Waals surface area contributed by atoms with Gasteiger partial charge >= 0.3 is 11.8 Å². The number of hydrogen-bond donors (Lipinski definition) is 2. The number of nitrogens with one attached hydrogen (secondary N) is 2. The molecule has 0 aromatic heterocycles. The Bertz CT molecular complexity index is 981. The summed E-state index contributed by atoms with van der Waals surface area (Å²) in [4.78, 5) is 24.3. The van der Waals surface area contributed by atoms with Gasteiger partial charge in [-0.2, -0.15) is 4.31 Å². The van der Waals surface area contributed by atoms with Crippen LogP contribution in [0.15, 0.2) is 59.5 Å². The van der Waals surface area contributed by atoms with Crippen LogP contribution in [0.2, 0.25) is 5.02 Å². The summed E-state index contributed by atoms with van der Waals surface area (Å²) in [5.74, 6) is -1.51.